The van der Waals surface area contributed by atoms with Gasteiger partial charge in [0.15, 0.2) is 0 Å². The van der Waals surface area contributed by atoms with E-state index >= 15 is 0 Å². The van der Waals surface area contributed by atoms with Gasteiger partial charge in [0.25, 0.3) is 0 Å². The summed E-state index contributed by atoms with van der Waals surface area (Å²) in [4.78, 5) is 33.9. The van der Waals surface area contributed by atoms with Gasteiger partial charge in [0, 0.05) is 43.6 Å². The molecule has 0 N–H and O–H groups in total. The number of carbonyl (C=O) groups excluding carboxylic acids is 2. The fourth-order valence-electron chi connectivity index (χ4n) is 4.33. The molecule has 2 aliphatic rings. The molecule has 3 heterocycles. The van der Waals surface area contributed by atoms with Crippen LogP contribution in [0.25, 0.3) is 17.0 Å². The van der Waals surface area contributed by atoms with Crippen LogP contribution in [0.1, 0.15) is 44.2 Å². The highest BCUT2D eigenvalue weighted by Gasteiger charge is 2.29. The zero-order valence-corrected chi connectivity index (χ0v) is 16.9. The highest BCUT2D eigenvalue weighted by atomic mass is 16.2. The van der Waals surface area contributed by atoms with Crippen LogP contribution in [0, 0.1) is 5.92 Å². The first-order chi connectivity index (χ1) is 14.2. The van der Waals surface area contributed by atoms with Crippen molar-refractivity contribution in [2.45, 2.75) is 38.5 Å². The molecule has 2 saturated heterocycles. The molecule has 2 fully saturated rings. The summed E-state index contributed by atoms with van der Waals surface area (Å²) < 4.78 is 0. The van der Waals surface area contributed by atoms with E-state index in [1.165, 1.54) is 12.8 Å². The normalized spacial score (nSPS) is 18.9. The number of piperidine rings is 1. The summed E-state index contributed by atoms with van der Waals surface area (Å²) in [6.07, 6.45) is 9.63. The van der Waals surface area contributed by atoms with Crippen molar-refractivity contribution in [2.24, 2.45) is 5.92 Å². The van der Waals surface area contributed by atoms with Gasteiger partial charge in [0.05, 0.1) is 11.2 Å². The minimum atomic E-state index is 0.000583. The molecule has 0 saturated carbocycles. The zero-order valence-electron chi connectivity index (χ0n) is 16.9. The molecule has 0 unspecified atom stereocenters. The van der Waals surface area contributed by atoms with E-state index in [2.05, 4.69) is 9.88 Å². The molecule has 0 aliphatic carbocycles. The lowest BCUT2D eigenvalue weighted by molar-refractivity contribution is -0.139. The van der Waals surface area contributed by atoms with Crippen molar-refractivity contribution >= 4 is 28.8 Å². The van der Waals surface area contributed by atoms with Crippen molar-refractivity contribution in [2.75, 3.05) is 26.2 Å². The second-order valence-corrected chi connectivity index (χ2v) is 8.10. The lowest BCUT2D eigenvalue weighted by Crippen LogP contribution is -2.44. The maximum atomic E-state index is 12.8. The predicted octanol–water partition coefficient (Wildman–Crippen LogP) is 3.89. The number of hydrogen-bond donors (Lipinski definition) is 0. The maximum absolute atomic E-state index is 12.8. The first kappa shape index (κ1) is 19.6. The third kappa shape index (κ3) is 4.84. The van der Waals surface area contributed by atoms with Gasteiger partial charge in [0.1, 0.15) is 0 Å². The maximum Gasteiger partial charge on any atom is 0.246 e. The molecule has 0 bridgehead atoms. The molecule has 2 aromatic rings. The Labute approximate surface area is 172 Å². The largest absolute Gasteiger partial charge is 0.342 e. The first-order valence-corrected chi connectivity index (χ1v) is 10.8. The van der Waals surface area contributed by atoms with Gasteiger partial charge in [-0.05, 0) is 43.9 Å². The number of pyridine rings is 1. The molecule has 0 spiro atoms. The average molecular weight is 392 g/mol. The molecular formula is C24H29N3O2. The van der Waals surface area contributed by atoms with Gasteiger partial charge >= 0.3 is 0 Å². The average Bonchev–Trinajstić information content (AvgIpc) is 3.06. The summed E-state index contributed by atoms with van der Waals surface area (Å²) in [6.45, 7) is 3.11. The second-order valence-electron chi connectivity index (χ2n) is 8.10. The van der Waals surface area contributed by atoms with Crippen LogP contribution in [0.5, 0.6) is 0 Å². The summed E-state index contributed by atoms with van der Waals surface area (Å²) in [5, 5.41) is 1.09. The fraction of sp³-hybridized carbons (Fsp3) is 0.458. The van der Waals surface area contributed by atoms with Crippen LogP contribution in [-0.2, 0) is 9.59 Å². The Hall–Kier alpha value is -2.69. The third-order valence-electron chi connectivity index (χ3n) is 6.09. The van der Waals surface area contributed by atoms with Crippen molar-refractivity contribution in [3.05, 3.63) is 48.2 Å². The molecule has 5 nitrogen and oxygen atoms in total. The van der Waals surface area contributed by atoms with Gasteiger partial charge in [-0.3, -0.25) is 9.59 Å². The van der Waals surface area contributed by atoms with Crippen molar-refractivity contribution in [1.29, 1.82) is 0 Å². The van der Waals surface area contributed by atoms with Crippen molar-refractivity contribution in [3.63, 3.8) is 0 Å². The van der Waals surface area contributed by atoms with Crippen LogP contribution in [-0.4, -0.2) is 52.8 Å². The molecule has 2 aliphatic heterocycles. The standard InChI is InChI=1S/C24H29N3O2/c28-23(12-11-21-10-9-19-7-3-4-8-22(19)25-21)26-17-13-20(14-18-26)24(29)27-15-5-1-2-6-16-27/h3-4,7-12,20H,1-2,5-6,13-18H2. The Bertz CT molecular complexity index is 892. The number of para-hydroxylation sites is 1. The lowest BCUT2D eigenvalue weighted by Gasteiger charge is -2.33. The third-order valence-corrected chi connectivity index (χ3v) is 6.09. The Balaban J connectivity index is 1.31. The van der Waals surface area contributed by atoms with Gasteiger partial charge in [-0.2, -0.15) is 0 Å². The van der Waals surface area contributed by atoms with Crippen LogP contribution >= 0.6 is 0 Å². The Morgan fingerprint density at radius 1 is 0.862 bits per heavy atom. The number of carbonyl (C=O) groups is 2. The van der Waals surface area contributed by atoms with E-state index in [9.17, 15) is 9.59 Å². The first-order valence-electron chi connectivity index (χ1n) is 10.8. The lowest BCUT2D eigenvalue weighted by atomic mass is 9.95. The SMILES string of the molecule is O=C(C=Cc1ccc2ccccc2n1)N1CCC(C(=O)N2CCCCCC2)CC1. The number of rotatable bonds is 3. The highest BCUT2D eigenvalue weighted by Crippen LogP contribution is 2.22. The summed E-state index contributed by atoms with van der Waals surface area (Å²) >= 11 is 0. The van der Waals surface area contributed by atoms with E-state index in [0.29, 0.717) is 19.0 Å². The fourth-order valence-corrected chi connectivity index (χ4v) is 4.33. The number of benzene rings is 1. The van der Waals surface area contributed by atoms with Crippen molar-refractivity contribution < 1.29 is 9.59 Å². The van der Waals surface area contributed by atoms with E-state index in [0.717, 1.165) is 55.4 Å². The van der Waals surface area contributed by atoms with Gasteiger partial charge in [0.2, 0.25) is 11.8 Å². The summed E-state index contributed by atoms with van der Waals surface area (Å²) in [5.74, 6) is 0.374. The van der Waals surface area contributed by atoms with Crippen LogP contribution in [0.15, 0.2) is 42.5 Å². The van der Waals surface area contributed by atoms with Crippen LogP contribution in [0.2, 0.25) is 0 Å². The van der Waals surface area contributed by atoms with E-state index in [1.54, 1.807) is 12.2 Å². The molecule has 0 radical (unpaired) electrons. The topological polar surface area (TPSA) is 53.5 Å². The van der Waals surface area contributed by atoms with Crippen molar-refractivity contribution in [1.82, 2.24) is 14.8 Å². The van der Waals surface area contributed by atoms with Crippen molar-refractivity contribution in [3.8, 4) is 0 Å². The summed E-state index contributed by atoms with van der Waals surface area (Å²) in [5.41, 5.74) is 1.71. The number of amides is 2. The van der Waals surface area contributed by atoms with E-state index < -0.39 is 0 Å². The molecule has 152 valence electrons. The summed E-state index contributed by atoms with van der Waals surface area (Å²) in [6, 6.07) is 11.9. The molecule has 29 heavy (non-hydrogen) atoms. The quantitative estimate of drug-likeness (QED) is 0.746. The van der Waals surface area contributed by atoms with Gasteiger partial charge in [-0.15, -0.1) is 0 Å². The number of fused-ring (bicyclic) bond motifs is 1. The monoisotopic (exact) mass is 391 g/mol. The molecule has 4 rings (SSSR count). The Morgan fingerprint density at radius 3 is 2.34 bits per heavy atom. The Morgan fingerprint density at radius 2 is 1.59 bits per heavy atom. The van der Waals surface area contributed by atoms with E-state index in [4.69, 9.17) is 0 Å². The molecular weight excluding hydrogens is 362 g/mol. The molecule has 5 heteroatoms. The summed E-state index contributed by atoms with van der Waals surface area (Å²) in [7, 11) is 0. The smallest absolute Gasteiger partial charge is 0.246 e. The molecule has 1 aromatic heterocycles. The highest BCUT2D eigenvalue weighted by molar-refractivity contribution is 5.92. The van der Waals surface area contributed by atoms with Gasteiger partial charge < -0.3 is 9.80 Å². The Kier molecular flexibility index (Phi) is 6.23. The minimum Gasteiger partial charge on any atom is -0.342 e. The predicted molar refractivity (Wildman–Crippen MR) is 115 cm³/mol. The molecule has 0 atom stereocenters. The zero-order chi connectivity index (χ0) is 20.1. The van der Waals surface area contributed by atoms with E-state index in [1.807, 2.05) is 41.3 Å². The molecule has 2 amide bonds. The van der Waals surface area contributed by atoms with Gasteiger partial charge in [-0.25, -0.2) is 4.98 Å². The van der Waals surface area contributed by atoms with Gasteiger partial charge in [-0.1, -0.05) is 37.1 Å². The van der Waals surface area contributed by atoms with Crippen LogP contribution in [0.4, 0.5) is 0 Å². The number of hydrogen-bond acceptors (Lipinski definition) is 3. The number of aromatic nitrogens is 1. The molecule has 1 aromatic carbocycles. The van der Waals surface area contributed by atoms with Crippen LogP contribution < -0.4 is 0 Å². The van der Waals surface area contributed by atoms with E-state index in [-0.39, 0.29) is 11.8 Å². The number of nitrogens with zero attached hydrogens (tertiary/aromatic N) is 3. The second kappa shape index (κ2) is 9.21. The van der Waals surface area contributed by atoms with Crippen LogP contribution in [0.3, 0.4) is 0 Å². The number of likely N-dealkylation sites (tertiary alicyclic amines) is 2. The minimum absolute atomic E-state index is 0.000583.